The van der Waals surface area contributed by atoms with Crippen LogP contribution in [0.25, 0.3) is 0 Å². The summed E-state index contributed by atoms with van der Waals surface area (Å²) in [5.41, 5.74) is 1.94. The third kappa shape index (κ3) is 5.39. The molecule has 1 atom stereocenters. The van der Waals surface area contributed by atoms with Crippen molar-refractivity contribution < 1.29 is 13.2 Å². The molecule has 0 aromatic heterocycles. The minimum atomic E-state index is -3.33. The van der Waals surface area contributed by atoms with Crippen molar-refractivity contribution in [3.63, 3.8) is 0 Å². The number of nitrogens with one attached hydrogen (secondary N) is 1. The van der Waals surface area contributed by atoms with Gasteiger partial charge in [-0.05, 0) is 25.1 Å². The highest BCUT2D eigenvalue weighted by atomic mass is 32.2. The van der Waals surface area contributed by atoms with Crippen molar-refractivity contribution in [1.82, 2.24) is 9.62 Å². The second kappa shape index (κ2) is 8.48. The molecule has 0 saturated carbocycles. The zero-order valence-electron chi connectivity index (χ0n) is 13.3. The van der Waals surface area contributed by atoms with Gasteiger partial charge in [0.25, 0.3) is 0 Å². The first kappa shape index (κ1) is 18.1. The first-order chi connectivity index (χ1) is 9.94. The third-order valence-electron chi connectivity index (χ3n) is 3.32. The van der Waals surface area contributed by atoms with Crippen molar-refractivity contribution in [2.75, 3.05) is 27.3 Å². The molecule has 21 heavy (non-hydrogen) atoms. The Bertz CT molecular complexity index is 514. The highest BCUT2D eigenvalue weighted by molar-refractivity contribution is 7.88. The Kier molecular flexibility index (Phi) is 7.31. The van der Waals surface area contributed by atoms with Crippen molar-refractivity contribution in [2.45, 2.75) is 32.2 Å². The van der Waals surface area contributed by atoms with Crippen LogP contribution in [0.2, 0.25) is 0 Å². The molecule has 0 bridgehead atoms. The molecule has 0 aliphatic heterocycles. The molecule has 1 rings (SSSR count). The number of rotatable bonds is 9. The molecule has 120 valence electrons. The van der Waals surface area contributed by atoms with Crippen molar-refractivity contribution in [3.05, 3.63) is 35.4 Å². The topological polar surface area (TPSA) is 58.6 Å². The molecule has 6 heteroatoms. The van der Waals surface area contributed by atoms with Gasteiger partial charge in [0, 0.05) is 26.2 Å². The summed E-state index contributed by atoms with van der Waals surface area (Å²) >= 11 is 0. The molecule has 5 nitrogen and oxygen atoms in total. The Morgan fingerprint density at radius 2 is 1.81 bits per heavy atom. The molecule has 0 spiro atoms. The van der Waals surface area contributed by atoms with Crippen LogP contribution in [-0.2, 0) is 27.1 Å². The number of sulfonamides is 1. The Labute approximate surface area is 128 Å². The van der Waals surface area contributed by atoms with Crippen LogP contribution in [0.15, 0.2) is 24.3 Å². The van der Waals surface area contributed by atoms with Gasteiger partial charge in [-0.3, -0.25) is 0 Å². The molecule has 0 fully saturated rings. The SMILES string of the molecule is CCN(C(C)COC)S(=O)(=O)Cc1ccc(CNC)cc1. The minimum Gasteiger partial charge on any atom is -0.383 e. The number of hydrogen-bond donors (Lipinski definition) is 1. The maximum Gasteiger partial charge on any atom is 0.218 e. The maximum atomic E-state index is 12.5. The van der Waals surface area contributed by atoms with E-state index in [0.717, 1.165) is 17.7 Å². The molecular formula is C15H26N2O3S. The smallest absolute Gasteiger partial charge is 0.218 e. The van der Waals surface area contributed by atoms with Gasteiger partial charge in [-0.2, -0.15) is 4.31 Å². The van der Waals surface area contributed by atoms with E-state index < -0.39 is 10.0 Å². The van der Waals surface area contributed by atoms with Crippen molar-refractivity contribution in [1.29, 1.82) is 0 Å². The lowest BCUT2D eigenvalue weighted by Crippen LogP contribution is -2.41. The van der Waals surface area contributed by atoms with E-state index in [9.17, 15) is 8.42 Å². The largest absolute Gasteiger partial charge is 0.383 e. The molecule has 1 aromatic carbocycles. The van der Waals surface area contributed by atoms with E-state index in [-0.39, 0.29) is 11.8 Å². The summed E-state index contributed by atoms with van der Waals surface area (Å²) in [4.78, 5) is 0. The normalized spacial score (nSPS) is 13.6. The van der Waals surface area contributed by atoms with Crippen molar-refractivity contribution >= 4 is 10.0 Å². The predicted octanol–water partition coefficient (Wildman–Crippen LogP) is 1.59. The zero-order valence-corrected chi connectivity index (χ0v) is 14.1. The summed E-state index contributed by atoms with van der Waals surface area (Å²) in [6.45, 7) is 5.33. The van der Waals surface area contributed by atoms with Crippen LogP contribution in [-0.4, -0.2) is 46.1 Å². The lowest BCUT2D eigenvalue weighted by Gasteiger charge is -2.26. The Balaban J connectivity index is 2.82. The Hall–Kier alpha value is -0.950. The van der Waals surface area contributed by atoms with Gasteiger partial charge in [0.2, 0.25) is 10.0 Å². The lowest BCUT2D eigenvalue weighted by atomic mass is 10.1. The molecule has 1 unspecified atom stereocenters. The number of nitrogens with zero attached hydrogens (tertiary/aromatic N) is 1. The highest BCUT2D eigenvalue weighted by Gasteiger charge is 2.25. The third-order valence-corrected chi connectivity index (χ3v) is 5.35. The molecular weight excluding hydrogens is 288 g/mol. The summed E-state index contributed by atoms with van der Waals surface area (Å²) < 4.78 is 31.6. The van der Waals surface area contributed by atoms with E-state index in [1.54, 1.807) is 7.11 Å². The van der Waals surface area contributed by atoms with E-state index in [4.69, 9.17) is 4.74 Å². The minimum absolute atomic E-state index is 0.0225. The fraction of sp³-hybridized carbons (Fsp3) is 0.600. The second-order valence-electron chi connectivity index (χ2n) is 5.11. The second-order valence-corrected chi connectivity index (χ2v) is 7.03. The van der Waals surface area contributed by atoms with E-state index in [1.807, 2.05) is 45.2 Å². The fourth-order valence-corrected chi connectivity index (χ4v) is 4.14. The summed E-state index contributed by atoms with van der Waals surface area (Å²) in [7, 11) is 0.130. The molecule has 0 amide bonds. The van der Waals surface area contributed by atoms with E-state index in [0.29, 0.717) is 13.2 Å². The molecule has 0 aliphatic rings. The lowest BCUT2D eigenvalue weighted by molar-refractivity contribution is 0.142. The number of likely N-dealkylation sites (N-methyl/N-ethyl adjacent to an activating group) is 1. The van der Waals surface area contributed by atoms with Gasteiger partial charge in [0.1, 0.15) is 0 Å². The summed E-state index contributed by atoms with van der Waals surface area (Å²) in [5.74, 6) is 0.0225. The first-order valence-corrected chi connectivity index (χ1v) is 8.76. The van der Waals surface area contributed by atoms with Crippen LogP contribution in [0.3, 0.4) is 0 Å². The molecule has 0 heterocycles. The Morgan fingerprint density at radius 1 is 1.24 bits per heavy atom. The maximum absolute atomic E-state index is 12.5. The average molecular weight is 314 g/mol. The van der Waals surface area contributed by atoms with Gasteiger partial charge in [0.15, 0.2) is 0 Å². The Morgan fingerprint density at radius 3 is 2.29 bits per heavy atom. The first-order valence-electron chi connectivity index (χ1n) is 7.15. The summed E-state index contributed by atoms with van der Waals surface area (Å²) in [5, 5.41) is 3.07. The van der Waals surface area contributed by atoms with Gasteiger partial charge in [-0.25, -0.2) is 8.42 Å². The molecule has 0 saturated heterocycles. The van der Waals surface area contributed by atoms with Gasteiger partial charge in [-0.15, -0.1) is 0 Å². The van der Waals surface area contributed by atoms with Crippen molar-refractivity contribution in [3.8, 4) is 0 Å². The van der Waals surface area contributed by atoms with Crippen LogP contribution in [0.5, 0.6) is 0 Å². The van der Waals surface area contributed by atoms with Gasteiger partial charge in [-0.1, -0.05) is 31.2 Å². The van der Waals surface area contributed by atoms with Crippen LogP contribution >= 0.6 is 0 Å². The number of ether oxygens (including phenoxy) is 1. The molecule has 1 N–H and O–H groups in total. The summed E-state index contributed by atoms with van der Waals surface area (Å²) in [6, 6.07) is 7.50. The molecule has 0 aliphatic carbocycles. The monoisotopic (exact) mass is 314 g/mol. The molecule has 0 radical (unpaired) electrons. The van der Waals surface area contributed by atoms with E-state index in [1.165, 1.54) is 4.31 Å². The number of benzene rings is 1. The predicted molar refractivity (Wildman–Crippen MR) is 85.5 cm³/mol. The highest BCUT2D eigenvalue weighted by Crippen LogP contribution is 2.15. The van der Waals surface area contributed by atoms with Gasteiger partial charge < -0.3 is 10.1 Å². The van der Waals surface area contributed by atoms with Crippen LogP contribution in [0.4, 0.5) is 0 Å². The quantitative estimate of drug-likeness (QED) is 0.752. The van der Waals surface area contributed by atoms with Crippen LogP contribution < -0.4 is 5.32 Å². The fourth-order valence-electron chi connectivity index (χ4n) is 2.36. The average Bonchev–Trinajstić information content (AvgIpc) is 2.41. The van der Waals surface area contributed by atoms with E-state index in [2.05, 4.69) is 5.32 Å². The number of methoxy groups -OCH3 is 1. The zero-order chi connectivity index (χ0) is 15.9. The van der Waals surface area contributed by atoms with Crippen LogP contribution in [0.1, 0.15) is 25.0 Å². The standard InChI is InChI=1S/C15H26N2O3S/c1-5-17(13(2)11-20-4)21(18,19)12-15-8-6-14(7-9-15)10-16-3/h6-9,13,16H,5,10-12H2,1-4H3. The van der Waals surface area contributed by atoms with Gasteiger partial charge in [0.05, 0.1) is 12.4 Å². The summed E-state index contributed by atoms with van der Waals surface area (Å²) in [6.07, 6.45) is 0. The molecule has 1 aromatic rings. The number of hydrogen-bond acceptors (Lipinski definition) is 4. The van der Waals surface area contributed by atoms with E-state index >= 15 is 0 Å². The van der Waals surface area contributed by atoms with Crippen molar-refractivity contribution in [2.24, 2.45) is 0 Å². The van der Waals surface area contributed by atoms with Gasteiger partial charge >= 0.3 is 0 Å². The van der Waals surface area contributed by atoms with Crippen LogP contribution in [0, 0.1) is 0 Å².